The zero-order valence-electron chi connectivity index (χ0n) is 14.7. The van der Waals surface area contributed by atoms with Gasteiger partial charge in [0.1, 0.15) is 11.9 Å². The maximum Gasteiger partial charge on any atom is 0.141 e. The predicted octanol–water partition coefficient (Wildman–Crippen LogP) is 6.35. The number of halogens is 1. The Morgan fingerprint density at radius 1 is 0.958 bits per heavy atom. The minimum atomic E-state index is -0.372. The smallest absolute Gasteiger partial charge is 0.141 e. The van der Waals surface area contributed by atoms with E-state index in [1.165, 1.54) is 38.5 Å². The number of rotatable bonds is 3. The van der Waals surface area contributed by atoms with Gasteiger partial charge in [-0.15, -0.1) is 0 Å². The summed E-state index contributed by atoms with van der Waals surface area (Å²) in [7, 11) is 0. The lowest BCUT2D eigenvalue weighted by Crippen LogP contribution is -2.13. The van der Waals surface area contributed by atoms with Crippen molar-refractivity contribution in [1.29, 1.82) is 5.26 Å². The van der Waals surface area contributed by atoms with E-state index in [1.54, 1.807) is 12.1 Å². The Labute approximate surface area is 145 Å². The Hall–Kier alpha value is -1.62. The second-order valence-corrected chi connectivity index (χ2v) is 7.87. The van der Waals surface area contributed by atoms with Crippen LogP contribution in [0.5, 0.6) is 0 Å². The van der Waals surface area contributed by atoms with Crippen LogP contribution in [-0.2, 0) is 0 Å². The normalized spacial score (nSPS) is 31.0. The molecule has 1 aromatic carbocycles. The zero-order chi connectivity index (χ0) is 16.9. The highest BCUT2D eigenvalue weighted by Crippen LogP contribution is 2.37. The summed E-state index contributed by atoms with van der Waals surface area (Å²) in [6.07, 6.45) is 15.1. The summed E-state index contributed by atoms with van der Waals surface area (Å²) in [5, 5.41) is 8.84. The summed E-state index contributed by atoms with van der Waals surface area (Å²) in [5.41, 5.74) is 1.22. The first kappa shape index (κ1) is 17.2. The van der Waals surface area contributed by atoms with Gasteiger partial charge in [0.2, 0.25) is 0 Å². The highest BCUT2D eigenvalue weighted by atomic mass is 19.1. The quantitative estimate of drug-likeness (QED) is 0.594. The SMILES string of the molecule is C[C@H]1CC[C@H](C=C[C@H]2CC[C@H](c3ccc(C#N)c(F)c3)CC2)CC1. The molecule has 128 valence electrons. The summed E-state index contributed by atoms with van der Waals surface area (Å²) < 4.78 is 13.8. The van der Waals surface area contributed by atoms with Crippen molar-refractivity contribution < 1.29 is 4.39 Å². The molecule has 2 saturated carbocycles. The molecule has 2 heteroatoms. The number of benzene rings is 1. The third-order valence-corrected chi connectivity index (χ3v) is 6.07. The third kappa shape index (κ3) is 4.26. The van der Waals surface area contributed by atoms with Gasteiger partial charge in [0, 0.05) is 0 Å². The first-order valence-corrected chi connectivity index (χ1v) is 9.53. The Morgan fingerprint density at radius 2 is 1.54 bits per heavy atom. The fourth-order valence-electron chi connectivity index (χ4n) is 4.31. The van der Waals surface area contributed by atoms with E-state index in [1.807, 2.05) is 12.1 Å². The van der Waals surface area contributed by atoms with Gasteiger partial charge in [-0.2, -0.15) is 5.26 Å². The molecule has 1 nitrogen and oxygen atoms in total. The van der Waals surface area contributed by atoms with E-state index in [0.29, 0.717) is 11.8 Å². The van der Waals surface area contributed by atoms with E-state index in [9.17, 15) is 4.39 Å². The fraction of sp³-hybridized carbons (Fsp3) is 0.591. The molecule has 0 atom stereocenters. The molecule has 0 aromatic heterocycles. The van der Waals surface area contributed by atoms with Crippen LogP contribution >= 0.6 is 0 Å². The van der Waals surface area contributed by atoms with Crippen LogP contribution in [0.15, 0.2) is 30.4 Å². The van der Waals surface area contributed by atoms with Crippen LogP contribution in [0.25, 0.3) is 0 Å². The van der Waals surface area contributed by atoms with Gasteiger partial charge in [-0.3, -0.25) is 0 Å². The van der Waals surface area contributed by atoms with Crippen LogP contribution in [-0.4, -0.2) is 0 Å². The molecule has 1 aromatic rings. The van der Waals surface area contributed by atoms with Crippen LogP contribution in [0.2, 0.25) is 0 Å². The van der Waals surface area contributed by atoms with Gasteiger partial charge in [-0.1, -0.05) is 38.0 Å². The van der Waals surface area contributed by atoms with Crippen molar-refractivity contribution in [3.63, 3.8) is 0 Å². The minimum Gasteiger partial charge on any atom is -0.206 e. The lowest BCUT2D eigenvalue weighted by molar-refractivity contribution is 0.326. The largest absolute Gasteiger partial charge is 0.206 e. The summed E-state index contributed by atoms with van der Waals surface area (Å²) in [6.45, 7) is 2.37. The number of allylic oxidation sites excluding steroid dienone is 2. The Morgan fingerprint density at radius 3 is 2.08 bits per heavy atom. The van der Waals surface area contributed by atoms with Crippen LogP contribution in [0.4, 0.5) is 4.39 Å². The Kier molecular flexibility index (Phi) is 5.72. The zero-order valence-corrected chi connectivity index (χ0v) is 14.7. The molecule has 0 saturated heterocycles. The van der Waals surface area contributed by atoms with Crippen molar-refractivity contribution in [2.45, 2.75) is 64.2 Å². The molecule has 0 radical (unpaired) electrons. The lowest BCUT2D eigenvalue weighted by atomic mass is 9.77. The molecule has 3 rings (SSSR count). The van der Waals surface area contributed by atoms with Gasteiger partial charge in [-0.25, -0.2) is 4.39 Å². The summed E-state index contributed by atoms with van der Waals surface area (Å²) >= 11 is 0. The summed E-state index contributed by atoms with van der Waals surface area (Å²) in [5.74, 6) is 2.49. The molecule has 2 fully saturated rings. The second-order valence-electron chi connectivity index (χ2n) is 7.87. The van der Waals surface area contributed by atoms with Crippen LogP contribution in [0, 0.1) is 34.9 Å². The monoisotopic (exact) mass is 325 g/mol. The van der Waals surface area contributed by atoms with Crippen LogP contribution < -0.4 is 0 Å². The van der Waals surface area contributed by atoms with Crippen LogP contribution in [0.3, 0.4) is 0 Å². The lowest BCUT2D eigenvalue weighted by Gasteiger charge is -2.28. The summed E-state index contributed by atoms with van der Waals surface area (Å²) in [6, 6.07) is 7.03. The van der Waals surface area contributed by atoms with Crippen molar-refractivity contribution >= 4 is 0 Å². The molecule has 2 aliphatic carbocycles. The molecular weight excluding hydrogens is 297 g/mol. The second kappa shape index (κ2) is 7.97. The van der Waals surface area contributed by atoms with Crippen molar-refractivity contribution in [3.8, 4) is 6.07 Å². The topological polar surface area (TPSA) is 23.8 Å². The van der Waals surface area contributed by atoms with Gasteiger partial charge in [-0.05, 0) is 79.9 Å². The average molecular weight is 325 g/mol. The van der Waals surface area contributed by atoms with Gasteiger partial charge in [0.05, 0.1) is 5.56 Å². The maximum atomic E-state index is 13.8. The molecule has 0 spiro atoms. The maximum absolute atomic E-state index is 13.8. The molecule has 2 aliphatic rings. The van der Waals surface area contributed by atoms with E-state index >= 15 is 0 Å². The Bertz CT molecular complexity index is 611. The van der Waals surface area contributed by atoms with E-state index in [4.69, 9.17) is 5.26 Å². The first-order chi connectivity index (χ1) is 11.7. The minimum absolute atomic E-state index is 0.150. The van der Waals surface area contributed by atoms with E-state index in [-0.39, 0.29) is 11.4 Å². The average Bonchev–Trinajstić information content (AvgIpc) is 2.61. The van der Waals surface area contributed by atoms with Gasteiger partial charge >= 0.3 is 0 Å². The standard InChI is InChI=1S/C22H28FN/c1-16-2-4-17(5-3-16)6-7-18-8-10-19(11-9-18)20-12-13-21(15-24)22(23)14-20/h6-7,12-14,16-19H,2-5,8-11H2,1H3/t16-,17-,18-,19-. The third-order valence-electron chi connectivity index (χ3n) is 6.07. The van der Waals surface area contributed by atoms with E-state index in [2.05, 4.69) is 19.1 Å². The molecule has 0 aliphatic heterocycles. The van der Waals surface area contributed by atoms with Crippen LogP contribution in [0.1, 0.15) is 75.3 Å². The van der Waals surface area contributed by atoms with Crippen molar-refractivity contribution in [2.24, 2.45) is 17.8 Å². The molecule has 24 heavy (non-hydrogen) atoms. The summed E-state index contributed by atoms with van der Waals surface area (Å²) in [4.78, 5) is 0. The number of nitrogens with zero attached hydrogens (tertiary/aromatic N) is 1. The number of hydrogen-bond donors (Lipinski definition) is 0. The molecule has 0 amide bonds. The molecule has 0 heterocycles. The molecular formula is C22H28FN. The van der Waals surface area contributed by atoms with E-state index < -0.39 is 0 Å². The highest BCUT2D eigenvalue weighted by Gasteiger charge is 2.22. The molecule has 0 N–H and O–H groups in total. The number of hydrogen-bond acceptors (Lipinski definition) is 1. The van der Waals surface area contributed by atoms with Crippen molar-refractivity contribution in [1.82, 2.24) is 0 Å². The van der Waals surface area contributed by atoms with Gasteiger partial charge in [0.15, 0.2) is 0 Å². The molecule has 0 unspecified atom stereocenters. The van der Waals surface area contributed by atoms with E-state index in [0.717, 1.165) is 30.2 Å². The van der Waals surface area contributed by atoms with Crippen molar-refractivity contribution in [3.05, 3.63) is 47.3 Å². The molecule has 0 bridgehead atoms. The Balaban J connectivity index is 1.50. The first-order valence-electron chi connectivity index (χ1n) is 9.53. The van der Waals surface area contributed by atoms with Crippen molar-refractivity contribution in [2.75, 3.05) is 0 Å². The fourth-order valence-corrected chi connectivity index (χ4v) is 4.31. The van der Waals surface area contributed by atoms with Gasteiger partial charge < -0.3 is 0 Å². The van der Waals surface area contributed by atoms with Gasteiger partial charge in [0.25, 0.3) is 0 Å². The predicted molar refractivity (Wildman–Crippen MR) is 96.1 cm³/mol. The number of nitriles is 1. The highest BCUT2D eigenvalue weighted by molar-refractivity contribution is 5.35.